The molecule has 2 fully saturated rings. The zero-order valence-electron chi connectivity index (χ0n) is 16.9. The Labute approximate surface area is 177 Å². The van der Waals surface area contributed by atoms with Crippen LogP contribution in [0, 0.1) is 0 Å². The number of benzene rings is 2. The highest BCUT2D eigenvalue weighted by Gasteiger charge is 2.26. The number of anilines is 1. The van der Waals surface area contributed by atoms with Crippen LogP contribution < -0.4 is 10.2 Å². The minimum Gasteiger partial charge on any atom is -0.379 e. The summed E-state index contributed by atoms with van der Waals surface area (Å²) in [6.45, 7) is 4.13. The number of hydrogen-bond donors (Lipinski definition) is 1. The molecule has 1 amide bonds. The summed E-state index contributed by atoms with van der Waals surface area (Å²) in [5.41, 5.74) is 2.68. The zero-order chi connectivity index (χ0) is 21.0. The van der Waals surface area contributed by atoms with Crippen molar-refractivity contribution < 1.29 is 17.9 Å². The number of sulfonamides is 1. The summed E-state index contributed by atoms with van der Waals surface area (Å²) in [5.74, 6) is -0.228. The van der Waals surface area contributed by atoms with Crippen molar-refractivity contribution >= 4 is 21.6 Å². The maximum atomic E-state index is 12.7. The Morgan fingerprint density at radius 3 is 2.17 bits per heavy atom. The molecule has 0 unspecified atom stereocenters. The maximum Gasteiger partial charge on any atom is 0.251 e. The molecule has 0 aromatic heterocycles. The number of hydrogen-bond acceptors (Lipinski definition) is 5. The van der Waals surface area contributed by atoms with E-state index >= 15 is 0 Å². The van der Waals surface area contributed by atoms with Crippen LogP contribution in [0.3, 0.4) is 0 Å². The summed E-state index contributed by atoms with van der Waals surface area (Å²) in [7, 11) is -3.55. The van der Waals surface area contributed by atoms with Gasteiger partial charge >= 0.3 is 0 Å². The molecule has 2 saturated heterocycles. The highest BCUT2D eigenvalue weighted by Crippen LogP contribution is 2.21. The fraction of sp³-hybridized carbons (Fsp3) is 0.409. The Hall–Kier alpha value is -2.42. The van der Waals surface area contributed by atoms with E-state index in [1.54, 1.807) is 12.1 Å². The van der Waals surface area contributed by atoms with Gasteiger partial charge in [0, 0.05) is 44.0 Å². The summed E-state index contributed by atoms with van der Waals surface area (Å²) in [5, 5.41) is 2.90. The largest absolute Gasteiger partial charge is 0.379 e. The first-order valence-electron chi connectivity index (χ1n) is 10.3. The second-order valence-electron chi connectivity index (χ2n) is 7.58. The monoisotopic (exact) mass is 429 g/mol. The van der Waals surface area contributed by atoms with Crippen LogP contribution in [0.1, 0.15) is 28.8 Å². The number of morpholine rings is 1. The molecule has 0 atom stereocenters. The van der Waals surface area contributed by atoms with Crippen LogP contribution in [0.25, 0.3) is 0 Å². The molecule has 30 heavy (non-hydrogen) atoms. The van der Waals surface area contributed by atoms with Crippen LogP contribution in [-0.2, 0) is 21.3 Å². The smallest absolute Gasteiger partial charge is 0.251 e. The highest BCUT2D eigenvalue weighted by atomic mass is 32.2. The molecule has 2 aromatic carbocycles. The predicted octanol–water partition coefficient (Wildman–Crippen LogP) is 2.24. The van der Waals surface area contributed by atoms with E-state index < -0.39 is 10.0 Å². The van der Waals surface area contributed by atoms with Gasteiger partial charge in [-0.3, -0.25) is 4.79 Å². The van der Waals surface area contributed by atoms with Crippen molar-refractivity contribution in [1.82, 2.24) is 9.62 Å². The third-order valence-corrected chi connectivity index (χ3v) is 7.50. The average molecular weight is 430 g/mol. The summed E-state index contributed by atoms with van der Waals surface area (Å²) < 4.78 is 32.0. The minimum atomic E-state index is -3.55. The molecule has 0 saturated carbocycles. The molecule has 0 aliphatic carbocycles. The molecule has 2 aliphatic rings. The van der Waals surface area contributed by atoms with Gasteiger partial charge in [0.25, 0.3) is 5.91 Å². The Bertz CT molecular complexity index is 962. The summed E-state index contributed by atoms with van der Waals surface area (Å²) in [6.07, 6.45) is 2.48. The molecule has 2 aliphatic heterocycles. The number of carbonyl (C=O) groups excluding carboxylic acids is 1. The molecule has 0 radical (unpaired) electrons. The minimum absolute atomic E-state index is 0.193. The average Bonchev–Trinajstić information content (AvgIpc) is 3.33. The second kappa shape index (κ2) is 9.16. The van der Waals surface area contributed by atoms with Gasteiger partial charge in [0.1, 0.15) is 0 Å². The van der Waals surface area contributed by atoms with Crippen molar-refractivity contribution in [2.24, 2.45) is 0 Å². The lowest BCUT2D eigenvalue weighted by molar-refractivity contribution is 0.0730. The first-order chi connectivity index (χ1) is 14.5. The molecule has 1 N–H and O–H groups in total. The maximum absolute atomic E-state index is 12.7. The van der Waals surface area contributed by atoms with E-state index in [4.69, 9.17) is 4.74 Å². The van der Waals surface area contributed by atoms with Crippen LogP contribution in [-0.4, -0.2) is 58.0 Å². The van der Waals surface area contributed by atoms with Crippen molar-refractivity contribution in [3.05, 3.63) is 59.7 Å². The fourth-order valence-electron chi connectivity index (χ4n) is 3.80. The van der Waals surface area contributed by atoms with Crippen LogP contribution in [0.2, 0.25) is 0 Å². The predicted molar refractivity (Wildman–Crippen MR) is 115 cm³/mol. The third kappa shape index (κ3) is 4.66. The number of nitrogens with zero attached hydrogens (tertiary/aromatic N) is 2. The number of rotatable bonds is 6. The topological polar surface area (TPSA) is 79.0 Å². The van der Waals surface area contributed by atoms with E-state index in [1.165, 1.54) is 35.0 Å². The van der Waals surface area contributed by atoms with Gasteiger partial charge < -0.3 is 15.0 Å². The molecular weight excluding hydrogens is 402 g/mol. The van der Waals surface area contributed by atoms with Gasteiger partial charge in [0.2, 0.25) is 10.0 Å². The number of carbonyl (C=O) groups is 1. The number of nitrogens with one attached hydrogen (secondary N) is 1. The molecule has 2 aromatic rings. The van der Waals surface area contributed by atoms with E-state index in [9.17, 15) is 13.2 Å². The van der Waals surface area contributed by atoms with Gasteiger partial charge in [-0.05, 0) is 54.8 Å². The van der Waals surface area contributed by atoms with E-state index in [2.05, 4.69) is 22.3 Å². The molecule has 160 valence electrons. The molecule has 4 rings (SSSR count). The quantitative estimate of drug-likeness (QED) is 0.762. The van der Waals surface area contributed by atoms with Crippen molar-refractivity contribution in [1.29, 1.82) is 0 Å². The normalized spacial score (nSPS) is 17.8. The van der Waals surface area contributed by atoms with Gasteiger partial charge in [0.05, 0.1) is 18.1 Å². The lowest BCUT2D eigenvalue weighted by Crippen LogP contribution is -2.40. The van der Waals surface area contributed by atoms with E-state index in [0.717, 1.165) is 18.7 Å². The Balaban J connectivity index is 1.34. The molecule has 0 spiro atoms. The fourth-order valence-corrected chi connectivity index (χ4v) is 5.21. The molecule has 7 nitrogen and oxygen atoms in total. The second-order valence-corrected chi connectivity index (χ2v) is 9.52. The van der Waals surface area contributed by atoms with Gasteiger partial charge in [-0.25, -0.2) is 8.42 Å². The van der Waals surface area contributed by atoms with Gasteiger partial charge in [-0.1, -0.05) is 12.1 Å². The van der Waals surface area contributed by atoms with Crippen LogP contribution in [0.15, 0.2) is 53.4 Å². The van der Waals surface area contributed by atoms with Gasteiger partial charge in [-0.2, -0.15) is 4.31 Å². The standard InChI is InChI=1S/C22H27N3O4S/c26-22(23-17-18-3-7-20(8-4-18)24-11-1-2-12-24)19-5-9-21(10-6-19)30(27,28)25-13-15-29-16-14-25/h3-10H,1-2,11-17H2,(H,23,26). The Kier molecular flexibility index (Phi) is 6.36. The van der Waals surface area contributed by atoms with Crippen LogP contribution in [0.4, 0.5) is 5.69 Å². The molecular formula is C22H27N3O4S. The molecule has 8 heteroatoms. The summed E-state index contributed by atoms with van der Waals surface area (Å²) in [4.78, 5) is 15.0. The summed E-state index contributed by atoms with van der Waals surface area (Å²) >= 11 is 0. The lowest BCUT2D eigenvalue weighted by Gasteiger charge is -2.26. The third-order valence-electron chi connectivity index (χ3n) is 5.58. The van der Waals surface area contributed by atoms with Crippen molar-refractivity contribution in [2.45, 2.75) is 24.3 Å². The SMILES string of the molecule is O=C(NCc1ccc(N2CCCC2)cc1)c1ccc(S(=O)(=O)N2CCOCC2)cc1. The number of ether oxygens (including phenoxy) is 1. The first kappa shape index (κ1) is 20.8. The van der Waals surface area contributed by atoms with E-state index in [-0.39, 0.29) is 10.8 Å². The Morgan fingerprint density at radius 1 is 0.900 bits per heavy atom. The van der Waals surface area contributed by atoms with Gasteiger partial charge in [-0.15, -0.1) is 0 Å². The van der Waals surface area contributed by atoms with Crippen molar-refractivity contribution in [2.75, 3.05) is 44.3 Å². The molecule has 2 heterocycles. The number of amides is 1. The van der Waals surface area contributed by atoms with Crippen LogP contribution in [0.5, 0.6) is 0 Å². The van der Waals surface area contributed by atoms with E-state index in [1.807, 2.05) is 12.1 Å². The first-order valence-corrected chi connectivity index (χ1v) is 11.8. The van der Waals surface area contributed by atoms with E-state index in [0.29, 0.717) is 38.4 Å². The Morgan fingerprint density at radius 2 is 1.53 bits per heavy atom. The molecule has 0 bridgehead atoms. The van der Waals surface area contributed by atoms with Gasteiger partial charge in [0.15, 0.2) is 0 Å². The summed E-state index contributed by atoms with van der Waals surface area (Å²) in [6, 6.07) is 14.3. The highest BCUT2D eigenvalue weighted by molar-refractivity contribution is 7.89. The van der Waals surface area contributed by atoms with Crippen LogP contribution >= 0.6 is 0 Å². The van der Waals surface area contributed by atoms with Crippen molar-refractivity contribution in [3.8, 4) is 0 Å². The van der Waals surface area contributed by atoms with Crippen molar-refractivity contribution in [3.63, 3.8) is 0 Å². The lowest BCUT2D eigenvalue weighted by atomic mass is 10.1. The zero-order valence-corrected chi connectivity index (χ0v) is 17.7.